The summed E-state index contributed by atoms with van der Waals surface area (Å²) in [5.74, 6) is -0.782. The lowest BCUT2D eigenvalue weighted by Gasteiger charge is -2.23. The Morgan fingerprint density at radius 1 is 1.14 bits per heavy atom. The molecule has 0 saturated carbocycles. The van der Waals surface area contributed by atoms with E-state index < -0.39 is 31.4 Å². The van der Waals surface area contributed by atoms with E-state index in [1.807, 2.05) is 6.92 Å². The first kappa shape index (κ1) is 21.2. The second-order valence-corrected chi connectivity index (χ2v) is 11.7. The van der Waals surface area contributed by atoms with Crippen LogP contribution in [0.25, 0.3) is 0 Å². The van der Waals surface area contributed by atoms with E-state index in [1.54, 1.807) is 13.8 Å². The third kappa shape index (κ3) is 4.10. The Morgan fingerprint density at radius 3 is 2.21 bits per heavy atom. The molecule has 1 unspecified atom stereocenters. The van der Waals surface area contributed by atoms with Crippen LogP contribution in [0.1, 0.15) is 33.6 Å². The lowest BCUT2D eigenvalue weighted by Crippen LogP contribution is -2.40. The van der Waals surface area contributed by atoms with Gasteiger partial charge in [-0.3, -0.25) is 9.69 Å². The monoisotopic (exact) mass is 429 g/mol. The number of hydrogen-bond donors (Lipinski definition) is 1. The number of sulfonamides is 2. The molecule has 1 aromatic carbocycles. The summed E-state index contributed by atoms with van der Waals surface area (Å²) in [5, 5.41) is 0. The zero-order chi connectivity index (χ0) is 20.7. The normalized spacial score (nSPS) is 23.2. The standard InChI is InChI=1S/C18H27N3O5S2/c1-14(20-10-4-5-11-20)12-19-28(25,26)16-8-6-15(7-9-16)21-17(22)18(2,3)13-27(21,23)24/h6-9,14,19H,4-5,10-13H2,1-3H3. The number of carbonyl (C=O) groups is 1. The molecule has 156 valence electrons. The van der Waals surface area contributed by atoms with Crippen LogP contribution in [0.2, 0.25) is 0 Å². The Bertz CT molecular complexity index is 949. The molecule has 1 amide bonds. The van der Waals surface area contributed by atoms with Crippen LogP contribution in [-0.2, 0) is 24.8 Å². The van der Waals surface area contributed by atoms with Gasteiger partial charge in [-0.05, 0) is 71.0 Å². The van der Waals surface area contributed by atoms with E-state index in [-0.39, 0.29) is 22.4 Å². The van der Waals surface area contributed by atoms with Gasteiger partial charge in [-0.1, -0.05) is 0 Å². The summed E-state index contributed by atoms with van der Waals surface area (Å²) in [6, 6.07) is 5.47. The van der Waals surface area contributed by atoms with Gasteiger partial charge in [0.1, 0.15) is 0 Å². The molecule has 10 heteroatoms. The smallest absolute Gasteiger partial charge is 0.247 e. The van der Waals surface area contributed by atoms with Gasteiger partial charge >= 0.3 is 0 Å². The quantitative estimate of drug-likeness (QED) is 0.728. The molecule has 8 nitrogen and oxygen atoms in total. The SMILES string of the molecule is CC(CNS(=O)(=O)c1ccc(N2C(=O)C(C)(C)CS2(=O)=O)cc1)N1CCCC1. The van der Waals surface area contributed by atoms with Gasteiger partial charge in [0.25, 0.3) is 0 Å². The van der Waals surface area contributed by atoms with Crippen molar-refractivity contribution in [1.29, 1.82) is 0 Å². The van der Waals surface area contributed by atoms with Crippen molar-refractivity contribution < 1.29 is 21.6 Å². The van der Waals surface area contributed by atoms with Gasteiger partial charge in [-0.25, -0.2) is 25.9 Å². The molecule has 0 spiro atoms. The van der Waals surface area contributed by atoms with Gasteiger partial charge in [0.2, 0.25) is 26.0 Å². The number of carbonyl (C=O) groups excluding carboxylic acids is 1. The Kier molecular flexibility index (Phi) is 5.61. The maximum absolute atomic E-state index is 12.6. The second kappa shape index (κ2) is 7.40. The fourth-order valence-electron chi connectivity index (χ4n) is 3.65. The fourth-order valence-corrected chi connectivity index (χ4v) is 6.88. The molecule has 3 rings (SSSR count). The molecular weight excluding hydrogens is 402 g/mol. The van der Waals surface area contributed by atoms with E-state index in [1.165, 1.54) is 24.3 Å². The minimum Gasteiger partial charge on any atom is -0.299 e. The minimum atomic E-state index is -3.76. The number of likely N-dealkylation sites (tertiary alicyclic amines) is 1. The topological polar surface area (TPSA) is 104 Å². The first-order chi connectivity index (χ1) is 12.9. The van der Waals surface area contributed by atoms with E-state index in [9.17, 15) is 21.6 Å². The number of rotatable bonds is 6. The van der Waals surface area contributed by atoms with Gasteiger partial charge in [-0.15, -0.1) is 0 Å². The summed E-state index contributed by atoms with van der Waals surface area (Å²) in [4.78, 5) is 14.7. The summed E-state index contributed by atoms with van der Waals surface area (Å²) in [7, 11) is -7.48. The van der Waals surface area contributed by atoms with Crippen LogP contribution in [0.4, 0.5) is 5.69 Å². The summed E-state index contributed by atoms with van der Waals surface area (Å²) in [5.41, 5.74) is -0.850. The average Bonchev–Trinajstić information content (AvgIpc) is 3.18. The highest BCUT2D eigenvalue weighted by Gasteiger charge is 2.49. The van der Waals surface area contributed by atoms with Crippen molar-refractivity contribution >= 4 is 31.6 Å². The summed E-state index contributed by atoms with van der Waals surface area (Å²) >= 11 is 0. The molecule has 2 aliphatic heterocycles. The Balaban J connectivity index is 1.74. The van der Waals surface area contributed by atoms with Crippen LogP contribution in [0, 0.1) is 5.41 Å². The van der Waals surface area contributed by atoms with Crippen molar-refractivity contribution in [3.63, 3.8) is 0 Å². The van der Waals surface area contributed by atoms with E-state index in [0.29, 0.717) is 6.54 Å². The van der Waals surface area contributed by atoms with Crippen LogP contribution >= 0.6 is 0 Å². The Labute approximate surface area is 167 Å². The predicted molar refractivity (Wildman–Crippen MR) is 107 cm³/mol. The largest absolute Gasteiger partial charge is 0.299 e. The van der Waals surface area contributed by atoms with Gasteiger partial charge in [0.15, 0.2) is 0 Å². The first-order valence-corrected chi connectivity index (χ1v) is 12.4. The third-order valence-corrected chi connectivity index (χ3v) is 8.76. The Hall–Kier alpha value is -1.49. The molecule has 0 aliphatic carbocycles. The highest BCUT2D eigenvalue weighted by Crippen LogP contribution is 2.35. The molecule has 0 radical (unpaired) electrons. The molecule has 1 aromatic rings. The van der Waals surface area contributed by atoms with Crippen molar-refractivity contribution in [3.05, 3.63) is 24.3 Å². The minimum absolute atomic E-state index is 0.0353. The van der Waals surface area contributed by atoms with Gasteiger partial charge in [-0.2, -0.15) is 0 Å². The number of anilines is 1. The number of amides is 1. The maximum Gasteiger partial charge on any atom is 0.247 e. The molecule has 2 fully saturated rings. The van der Waals surface area contributed by atoms with E-state index >= 15 is 0 Å². The molecular formula is C18H27N3O5S2. The van der Waals surface area contributed by atoms with Crippen LogP contribution < -0.4 is 9.03 Å². The van der Waals surface area contributed by atoms with Crippen molar-refractivity contribution in [1.82, 2.24) is 9.62 Å². The van der Waals surface area contributed by atoms with Crippen LogP contribution in [0.15, 0.2) is 29.2 Å². The molecule has 2 aliphatic rings. The summed E-state index contributed by atoms with van der Waals surface area (Å²) < 4.78 is 53.2. The summed E-state index contributed by atoms with van der Waals surface area (Å²) in [6.45, 7) is 7.41. The zero-order valence-electron chi connectivity index (χ0n) is 16.4. The Morgan fingerprint density at radius 2 is 1.71 bits per heavy atom. The van der Waals surface area contributed by atoms with Crippen molar-refractivity contribution in [2.24, 2.45) is 5.41 Å². The molecule has 0 bridgehead atoms. The lowest BCUT2D eigenvalue weighted by molar-refractivity contribution is -0.123. The first-order valence-electron chi connectivity index (χ1n) is 9.35. The van der Waals surface area contributed by atoms with Crippen molar-refractivity contribution in [2.45, 2.75) is 44.6 Å². The van der Waals surface area contributed by atoms with Crippen molar-refractivity contribution in [2.75, 3.05) is 29.7 Å². The molecule has 2 heterocycles. The molecule has 1 N–H and O–H groups in total. The van der Waals surface area contributed by atoms with Gasteiger partial charge in [0, 0.05) is 12.6 Å². The molecule has 1 atom stereocenters. The highest BCUT2D eigenvalue weighted by atomic mass is 32.2. The highest BCUT2D eigenvalue weighted by molar-refractivity contribution is 7.94. The zero-order valence-corrected chi connectivity index (χ0v) is 18.0. The van der Waals surface area contributed by atoms with E-state index in [4.69, 9.17) is 0 Å². The lowest BCUT2D eigenvalue weighted by atomic mass is 9.95. The second-order valence-electron chi connectivity index (χ2n) is 8.15. The fraction of sp³-hybridized carbons (Fsp3) is 0.611. The van der Waals surface area contributed by atoms with Gasteiger partial charge in [0.05, 0.1) is 21.8 Å². The summed E-state index contributed by atoms with van der Waals surface area (Å²) in [6.07, 6.45) is 2.26. The van der Waals surface area contributed by atoms with Crippen LogP contribution in [-0.4, -0.2) is 59.1 Å². The molecule has 28 heavy (non-hydrogen) atoms. The number of hydrogen-bond acceptors (Lipinski definition) is 6. The maximum atomic E-state index is 12.6. The molecule has 0 aromatic heterocycles. The van der Waals surface area contributed by atoms with Gasteiger partial charge < -0.3 is 0 Å². The van der Waals surface area contributed by atoms with E-state index in [2.05, 4.69) is 9.62 Å². The van der Waals surface area contributed by atoms with Crippen LogP contribution in [0.5, 0.6) is 0 Å². The average molecular weight is 430 g/mol. The molecule has 2 saturated heterocycles. The third-order valence-electron chi connectivity index (χ3n) is 5.30. The van der Waals surface area contributed by atoms with Crippen LogP contribution in [0.3, 0.4) is 0 Å². The number of nitrogens with one attached hydrogen (secondary N) is 1. The van der Waals surface area contributed by atoms with E-state index in [0.717, 1.165) is 30.2 Å². The van der Waals surface area contributed by atoms with Crippen molar-refractivity contribution in [3.8, 4) is 0 Å². The number of benzene rings is 1. The number of nitrogens with zero attached hydrogens (tertiary/aromatic N) is 2. The predicted octanol–water partition coefficient (Wildman–Crippen LogP) is 1.15.